The summed E-state index contributed by atoms with van der Waals surface area (Å²) in [5.74, 6) is -0.802. The van der Waals surface area contributed by atoms with Gasteiger partial charge in [0.25, 0.3) is 5.91 Å². The molecule has 0 radical (unpaired) electrons. The first-order chi connectivity index (χ1) is 27.1. The van der Waals surface area contributed by atoms with E-state index in [2.05, 4.69) is 28.3 Å². The summed E-state index contributed by atoms with van der Waals surface area (Å²) in [6.07, 6.45) is 9.24. The molecule has 1 atom stereocenters. The van der Waals surface area contributed by atoms with Gasteiger partial charge in [-0.1, -0.05) is 47.5 Å². The number of nitrogens with one attached hydrogen (secondary N) is 1. The third-order valence-electron chi connectivity index (χ3n) is 11.3. The molecule has 2 fully saturated rings. The molecular formula is C42H45Cl2N7O5S. The molecule has 3 aromatic carbocycles. The molecule has 3 N–H and O–H groups in total. The number of aliphatic hydroxyl groups is 1. The lowest BCUT2D eigenvalue weighted by Gasteiger charge is -2.46. The summed E-state index contributed by atoms with van der Waals surface area (Å²) in [5.41, 5.74) is 5.57. The van der Waals surface area contributed by atoms with Crippen LogP contribution in [0.1, 0.15) is 58.3 Å². The zero-order valence-electron chi connectivity index (χ0n) is 31.5. The van der Waals surface area contributed by atoms with Crippen LogP contribution in [0, 0.1) is 16.7 Å². The van der Waals surface area contributed by atoms with Crippen LogP contribution >= 0.6 is 36.7 Å². The van der Waals surface area contributed by atoms with Crippen molar-refractivity contribution in [1.29, 1.82) is 5.26 Å². The van der Waals surface area contributed by atoms with E-state index < -0.39 is 18.6 Å². The van der Waals surface area contributed by atoms with Crippen molar-refractivity contribution >= 4 is 59.5 Å². The van der Waals surface area contributed by atoms with Crippen molar-refractivity contribution in [2.24, 2.45) is 5.41 Å². The standard InChI is InChI=1S/C42H43Cl2N7O5.H2S/c1-49-12-8-42(9-13-49)10-14-50(15-11-42)40(53)33-6-2-5-32(39(33)44)31-4-3-7-37-34(31)23-48-51(37)24-30-18-38(56-26-28-16-27(19-45)20-46-21-28)29(17-35(30)43)22-47-36(25-52)41(54)55;/h2-7,16-18,20-21,23,36,47,52H,8-15,22,24-26H2,1H3,(H,54,55);1H2/t36-;/m0./s1. The van der Waals surface area contributed by atoms with Gasteiger partial charge >= 0.3 is 5.97 Å². The van der Waals surface area contributed by atoms with Gasteiger partial charge < -0.3 is 24.7 Å². The molecule has 2 aliphatic heterocycles. The third kappa shape index (κ3) is 9.23. The number of ether oxygens (including phenoxy) is 1. The summed E-state index contributed by atoms with van der Waals surface area (Å²) in [6.45, 7) is 3.50. The first-order valence-electron chi connectivity index (χ1n) is 18.6. The van der Waals surface area contributed by atoms with Crippen molar-refractivity contribution in [3.8, 4) is 22.9 Å². The number of halogens is 2. The molecule has 15 heteroatoms. The fourth-order valence-electron chi connectivity index (χ4n) is 7.76. The number of pyridine rings is 1. The minimum atomic E-state index is -1.19. The molecule has 4 heterocycles. The smallest absolute Gasteiger partial charge is 0.323 e. The van der Waals surface area contributed by atoms with Crippen molar-refractivity contribution in [3.63, 3.8) is 0 Å². The number of nitriles is 1. The number of carbonyl (C=O) groups excluding carboxylic acids is 1. The van der Waals surface area contributed by atoms with E-state index in [1.54, 1.807) is 36.7 Å². The Balaban J connectivity index is 0.00000549. The van der Waals surface area contributed by atoms with Gasteiger partial charge in [0.1, 0.15) is 24.5 Å². The molecule has 12 nitrogen and oxygen atoms in total. The van der Waals surface area contributed by atoms with E-state index in [0.29, 0.717) is 49.0 Å². The van der Waals surface area contributed by atoms with Gasteiger partial charge in [-0.15, -0.1) is 0 Å². The van der Waals surface area contributed by atoms with E-state index in [4.69, 9.17) is 33.0 Å². The second-order valence-corrected chi connectivity index (χ2v) is 15.6. The monoisotopic (exact) mass is 829 g/mol. The Bertz CT molecular complexity index is 2300. The van der Waals surface area contributed by atoms with Crippen molar-refractivity contribution < 1.29 is 24.5 Å². The molecule has 5 aromatic rings. The van der Waals surface area contributed by atoms with Crippen LogP contribution < -0.4 is 10.1 Å². The highest BCUT2D eigenvalue weighted by Crippen LogP contribution is 2.42. The molecule has 0 unspecified atom stereocenters. The number of amides is 1. The number of likely N-dealkylation sites (tertiary alicyclic amines) is 2. The van der Waals surface area contributed by atoms with Crippen LogP contribution in [-0.2, 0) is 24.5 Å². The van der Waals surface area contributed by atoms with Gasteiger partial charge in [0.2, 0.25) is 0 Å². The van der Waals surface area contributed by atoms with E-state index >= 15 is 0 Å². The van der Waals surface area contributed by atoms with Crippen molar-refractivity contribution in [1.82, 2.24) is 29.9 Å². The molecule has 2 saturated heterocycles. The number of hydrogen-bond donors (Lipinski definition) is 3. The van der Waals surface area contributed by atoms with Crippen LogP contribution in [0.2, 0.25) is 10.0 Å². The number of carboxylic acids is 1. The Morgan fingerprint density at radius 1 is 0.982 bits per heavy atom. The third-order valence-corrected chi connectivity index (χ3v) is 12.0. The Hall–Kier alpha value is -4.68. The van der Waals surface area contributed by atoms with Crippen LogP contribution in [0.15, 0.2) is 73.2 Å². The SMILES string of the molecule is CN1CCC2(CC1)CCN(C(=O)c1cccc(-c3cccc4c3cnn4Cc3cc(OCc4cncc(C#N)c4)c(CN[C@@H](CO)C(=O)O)cc3Cl)c1Cl)CC2.S. The molecule has 2 aromatic heterocycles. The topological polar surface area (TPSA) is 157 Å². The van der Waals surface area contributed by atoms with Gasteiger partial charge in [0.05, 0.1) is 41.0 Å². The minimum absolute atomic E-state index is 0. The average Bonchev–Trinajstić information content (AvgIpc) is 3.62. The van der Waals surface area contributed by atoms with Gasteiger partial charge in [0, 0.05) is 59.1 Å². The molecule has 0 aliphatic carbocycles. The lowest BCUT2D eigenvalue weighted by molar-refractivity contribution is -0.140. The maximum Gasteiger partial charge on any atom is 0.323 e. The molecule has 57 heavy (non-hydrogen) atoms. The average molecular weight is 831 g/mol. The maximum atomic E-state index is 13.9. The Morgan fingerprint density at radius 2 is 1.70 bits per heavy atom. The zero-order valence-corrected chi connectivity index (χ0v) is 34.1. The van der Waals surface area contributed by atoms with Gasteiger partial charge in [-0.2, -0.15) is 23.9 Å². The van der Waals surface area contributed by atoms with Gasteiger partial charge in [-0.25, -0.2) is 0 Å². The lowest BCUT2D eigenvalue weighted by atomic mass is 9.71. The molecule has 298 valence electrons. The maximum absolute atomic E-state index is 13.9. The van der Waals surface area contributed by atoms with Crippen LogP contribution in [-0.4, -0.2) is 92.5 Å². The number of rotatable bonds is 12. The van der Waals surface area contributed by atoms with E-state index in [-0.39, 0.29) is 39.1 Å². The predicted octanol–water partition coefficient (Wildman–Crippen LogP) is 6.50. The van der Waals surface area contributed by atoms with Crippen LogP contribution in [0.3, 0.4) is 0 Å². The largest absolute Gasteiger partial charge is 0.489 e. The Labute approximate surface area is 348 Å². The van der Waals surface area contributed by atoms with Gasteiger partial charge in [0.15, 0.2) is 0 Å². The number of nitrogens with zero attached hydrogens (tertiary/aromatic N) is 6. The summed E-state index contributed by atoms with van der Waals surface area (Å²) in [5, 5.41) is 37.5. The summed E-state index contributed by atoms with van der Waals surface area (Å²) in [4.78, 5) is 33.9. The molecule has 1 amide bonds. The summed E-state index contributed by atoms with van der Waals surface area (Å²) in [7, 11) is 2.18. The quantitative estimate of drug-likeness (QED) is 0.127. The number of benzene rings is 3. The Kier molecular flexibility index (Phi) is 13.4. The van der Waals surface area contributed by atoms with Gasteiger partial charge in [-0.3, -0.25) is 24.6 Å². The predicted molar refractivity (Wildman–Crippen MR) is 224 cm³/mol. The number of fused-ring (bicyclic) bond motifs is 1. The first kappa shape index (κ1) is 41.9. The van der Waals surface area contributed by atoms with E-state index in [1.165, 1.54) is 19.0 Å². The summed E-state index contributed by atoms with van der Waals surface area (Å²) in [6, 6.07) is 17.5. The zero-order chi connectivity index (χ0) is 39.4. The number of piperidine rings is 2. The number of carboxylic acid groups (broad SMARTS) is 1. The van der Waals surface area contributed by atoms with Gasteiger partial charge in [-0.05, 0) is 92.7 Å². The number of aliphatic carboxylic acids is 1. The number of hydrogen-bond acceptors (Lipinski definition) is 9. The van der Waals surface area contributed by atoms with E-state index in [0.717, 1.165) is 61.1 Å². The highest BCUT2D eigenvalue weighted by Gasteiger charge is 2.38. The van der Waals surface area contributed by atoms with E-state index in [9.17, 15) is 25.1 Å². The first-order valence-corrected chi connectivity index (χ1v) is 19.4. The van der Waals surface area contributed by atoms with Crippen LogP contribution in [0.4, 0.5) is 0 Å². The molecular weight excluding hydrogens is 785 g/mol. The fourth-order valence-corrected chi connectivity index (χ4v) is 8.31. The molecule has 1 spiro atoms. The molecule has 0 saturated carbocycles. The van der Waals surface area contributed by atoms with Crippen LogP contribution in [0.5, 0.6) is 5.75 Å². The number of aliphatic hydroxyl groups excluding tert-OH is 1. The lowest BCUT2D eigenvalue weighted by Crippen LogP contribution is -2.47. The van der Waals surface area contributed by atoms with Crippen LogP contribution in [0.25, 0.3) is 22.0 Å². The highest BCUT2D eigenvalue weighted by atomic mass is 35.5. The van der Waals surface area contributed by atoms with E-state index in [1.807, 2.05) is 39.9 Å². The number of carbonyl (C=O) groups is 2. The van der Waals surface area contributed by atoms with Crippen molar-refractivity contribution in [2.45, 2.75) is 51.4 Å². The second kappa shape index (κ2) is 18.3. The fraction of sp³-hybridized carbons (Fsp3) is 0.357. The highest BCUT2D eigenvalue weighted by molar-refractivity contribution is 7.59. The second-order valence-electron chi connectivity index (χ2n) is 14.8. The Morgan fingerprint density at radius 3 is 2.42 bits per heavy atom. The number of aromatic nitrogens is 3. The minimum Gasteiger partial charge on any atom is -0.489 e. The molecule has 7 rings (SSSR count). The normalized spacial score (nSPS) is 15.9. The molecule has 2 aliphatic rings. The summed E-state index contributed by atoms with van der Waals surface area (Å²) < 4.78 is 8.04. The van der Waals surface area contributed by atoms with Crippen molar-refractivity contribution in [3.05, 3.63) is 111 Å². The summed E-state index contributed by atoms with van der Waals surface area (Å²) >= 11 is 13.9. The molecule has 0 bridgehead atoms. The van der Waals surface area contributed by atoms with Crippen molar-refractivity contribution in [2.75, 3.05) is 39.8 Å².